The summed E-state index contributed by atoms with van der Waals surface area (Å²) in [4.78, 5) is 20.7. The molecule has 0 saturated heterocycles. The summed E-state index contributed by atoms with van der Waals surface area (Å²) >= 11 is 3.28. The van der Waals surface area contributed by atoms with Gasteiger partial charge < -0.3 is 4.55 Å². The number of ketones is 1. The Labute approximate surface area is 170 Å². The van der Waals surface area contributed by atoms with Crippen LogP contribution in [0.3, 0.4) is 0 Å². The van der Waals surface area contributed by atoms with E-state index in [2.05, 4.69) is 14.7 Å². The first-order valence-electron chi connectivity index (χ1n) is 8.24. The van der Waals surface area contributed by atoms with Crippen LogP contribution in [0.15, 0.2) is 30.5 Å². The average Bonchev–Trinajstić information content (AvgIpc) is 2.68. The Morgan fingerprint density at radius 1 is 1.17 bits per heavy atom. The maximum Gasteiger partial charge on any atom is 0.199 e. The van der Waals surface area contributed by atoms with E-state index in [0.29, 0.717) is 11.6 Å². The lowest BCUT2D eigenvalue weighted by molar-refractivity contribution is 0.102. The molecule has 0 spiro atoms. The maximum absolute atomic E-state index is 14.8. The third-order valence-electron chi connectivity index (χ3n) is 4.08. The Morgan fingerprint density at radius 2 is 1.93 bits per heavy atom. The number of nitrogens with one attached hydrogen (secondary N) is 1. The van der Waals surface area contributed by atoms with E-state index in [1.54, 1.807) is 0 Å². The molecule has 0 bridgehead atoms. The van der Waals surface area contributed by atoms with Crippen LogP contribution < -0.4 is 4.72 Å². The van der Waals surface area contributed by atoms with Gasteiger partial charge in [-0.25, -0.2) is 22.9 Å². The number of hydrogen-bond acceptors (Lipinski definition) is 5. The Kier molecular flexibility index (Phi) is 6.58. The molecular weight excluding hydrogens is 431 g/mol. The van der Waals surface area contributed by atoms with Crippen LogP contribution in [-0.4, -0.2) is 31.1 Å². The minimum absolute atomic E-state index is 0.0259. The first-order valence-corrected chi connectivity index (χ1v) is 9.69. The molecule has 0 fully saturated rings. The standard InChI is InChI=1S/C18H13ClF3N3O3S/c19-14-8-23-12-4-3-10(7-13(12)25-14)18(26)15-16(21)9(6-11(20)17(15)22)2-1-5-24-29(27)28/h3-4,6-8,24H,1-2,5H2,(H,27,28)/p-1. The predicted octanol–water partition coefficient (Wildman–Crippen LogP) is 3.25. The molecule has 1 aromatic heterocycles. The third-order valence-corrected chi connectivity index (χ3v) is 4.70. The second kappa shape index (κ2) is 8.95. The number of benzene rings is 2. The molecule has 1 atom stereocenters. The Balaban J connectivity index is 1.96. The topological polar surface area (TPSA) is 95.0 Å². The second-order valence-electron chi connectivity index (χ2n) is 5.98. The summed E-state index contributed by atoms with van der Waals surface area (Å²) < 4.78 is 66.0. The molecule has 0 aliphatic carbocycles. The summed E-state index contributed by atoms with van der Waals surface area (Å²) in [6.07, 6.45) is 1.32. The van der Waals surface area contributed by atoms with E-state index < -0.39 is 40.1 Å². The molecule has 0 amide bonds. The summed E-state index contributed by atoms with van der Waals surface area (Å²) in [7, 11) is 0. The van der Waals surface area contributed by atoms with Crippen molar-refractivity contribution in [3.05, 3.63) is 69.8 Å². The van der Waals surface area contributed by atoms with Crippen LogP contribution >= 0.6 is 11.6 Å². The van der Waals surface area contributed by atoms with Gasteiger partial charge in [0, 0.05) is 23.4 Å². The van der Waals surface area contributed by atoms with Crippen LogP contribution in [0.2, 0.25) is 5.15 Å². The minimum Gasteiger partial charge on any atom is -0.760 e. The molecule has 3 aromatic rings. The summed E-state index contributed by atoms with van der Waals surface area (Å²) in [5.74, 6) is -5.25. The average molecular weight is 443 g/mol. The van der Waals surface area contributed by atoms with Crippen LogP contribution in [0.4, 0.5) is 13.2 Å². The zero-order valence-corrected chi connectivity index (χ0v) is 16.1. The fraction of sp³-hybridized carbons (Fsp3) is 0.167. The SMILES string of the molecule is O=C(c1ccc2ncc(Cl)nc2c1)c1c(F)c(F)cc(CCCNS(=O)[O-])c1F. The molecule has 11 heteroatoms. The molecule has 0 aliphatic rings. The smallest absolute Gasteiger partial charge is 0.199 e. The summed E-state index contributed by atoms with van der Waals surface area (Å²) in [5, 5.41) is 0.0696. The fourth-order valence-corrected chi connectivity index (χ4v) is 3.20. The second-order valence-corrected chi connectivity index (χ2v) is 7.12. The summed E-state index contributed by atoms with van der Waals surface area (Å²) in [6, 6.07) is 4.63. The molecule has 0 saturated carbocycles. The molecule has 6 nitrogen and oxygen atoms in total. The lowest BCUT2D eigenvalue weighted by Crippen LogP contribution is -2.18. The normalized spacial score (nSPS) is 12.3. The highest BCUT2D eigenvalue weighted by Gasteiger charge is 2.25. The van der Waals surface area contributed by atoms with Gasteiger partial charge in [-0.2, -0.15) is 0 Å². The van der Waals surface area contributed by atoms with Gasteiger partial charge in [0.15, 0.2) is 17.4 Å². The highest BCUT2D eigenvalue weighted by Crippen LogP contribution is 2.25. The largest absolute Gasteiger partial charge is 0.760 e. The van der Waals surface area contributed by atoms with Gasteiger partial charge >= 0.3 is 0 Å². The molecule has 29 heavy (non-hydrogen) atoms. The molecule has 0 radical (unpaired) electrons. The van der Waals surface area contributed by atoms with Crippen molar-refractivity contribution in [1.82, 2.24) is 14.7 Å². The van der Waals surface area contributed by atoms with Gasteiger partial charge in [0.25, 0.3) is 0 Å². The van der Waals surface area contributed by atoms with Gasteiger partial charge in [-0.3, -0.25) is 14.0 Å². The molecule has 0 aliphatic heterocycles. The Morgan fingerprint density at radius 3 is 2.66 bits per heavy atom. The van der Waals surface area contributed by atoms with E-state index in [9.17, 15) is 26.7 Å². The quantitative estimate of drug-likeness (QED) is 0.262. The van der Waals surface area contributed by atoms with Crippen molar-refractivity contribution < 1.29 is 26.7 Å². The number of fused-ring (bicyclic) bond motifs is 1. The van der Waals surface area contributed by atoms with Crippen LogP contribution in [-0.2, 0) is 17.7 Å². The maximum atomic E-state index is 14.8. The number of aryl methyl sites for hydroxylation is 1. The number of rotatable bonds is 7. The lowest BCUT2D eigenvalue weighted by atomic mass is 9.97. The van der Waals surface area contributed by atoms with Gasteiger partial charge in [-0.05, 0) is 42.7 Å². The zero-order chi connectivity index (χ0) is 21.1. The molecule has 1 unspecified atom stereocenters. The molecule has 2 aromatic carbocycles. The zero-order valence-electron chi connectivity index (χ0n) is 14.5. The first kappa shape index (κ1) is 21.3. The fourth-order valence-electron chi connectivity index (χ4n) is 2.75. The number of nitrogens with zero attached hydrogens (tertiary/aromatic N) is 2. The molecule has 3 rings (SSSR count). The number of aromatic nitrogens is 2. The van der Waals surface area contributed by atoms with Gasteiger partial charge in [0.05, 0.1) is 22.8 Å². The predicted molar refractivity (Wildman–Crippen MR) is 99.5 cm³/mol. The highest BCUT2D eigenvalue weighted by atomic mass is 35.5. The molecular formula is C18H12ClF3N3O3S-. The number of carbonyl (C=O) groups excluding carboxylic acids is 1. The van der Waals surface area contributed by atoms with E-state index in [1.165, 1.54) is 24.4 Å². The number of hydrogen-bond donors (Lipinski definition) is 1. The van der Waals surface area contributed by atoms with Crippen LogP contribution in [0.5, 0.6) is 0 Å². The van der Waals surface area contributed by atoms with Crippen molar-refractivity contribution in [3.8, 4) is 0 Å². The molecule has 1 N–H and O–H groups in total. The third kappa shape index (κ3) is 4.78. The van der Waals surface area contributed by atoms with E-state index in [1.807, 2.05) is 0 Å². The van der Waals surface area contributed by atoms with Crippen molar-refractivity contribution in [1.29, 1.82) is 0 Å². The van der Waals surface area contributed by atoms with E-state index in [4.69, 9.17) is 11.6 Å². The van der Waals surface area contributed by atoms with Crippen molar-refractivity contribution in [3.63, 3.8) is 0 Å². The van der Waals surface area contributed by atoms with E-state index in [-0.39, 0.29) is 41.2 Å². The van der Waals surface area contributed by atoms with Gasteiger partial charge in [0.1, 0.15) is 11.0 Å². The van der Waals surface area contributed by atoms with Gasteiger partial charge in [0.2, 0.25) is 0 Å². The number of carbonyl (C=O) groups is 1. The summed E-state index contributed by atoms with van der Waals surface area (Å²) in [6.45, 7) is -0.0259. The van der Waals surface area contributed by atoms with E-state index >= 15 is 0 Å². The van der Waals surface area contributed by atoms with Crippen LogP contribution in [0.1, 0.15) is 27.9 Å². The van der Waals surface area contributed by atoms with Crippen LogP contribution in [0.25, 0.3) is 11.0 Å². The Hall–Kier alpha value is -2.40. The minimum atomic E-state index is -2.49. The monoisotopic (exact) mass is 442 g/mol. The van der Waals surface area contributed by atoms with Crippen molar-refractivity contribution in [2.24, 2.45) is 0 Å². The summed E-state index contributed by atoms with van der Waals surface area (Å²) in [5.41, 5.74) is -0.747. The lowest BCUT2D eigenvalue weighted by Gasteiger charge is -2.11. The van der Waals surface area contributed by atoms with Crippen LogP contribution in [0, 0.1) is 17.5 Å². The molecule has 152 valence electrons. The first-order chi connectivity index (χ1) is 13.8. The van der Waals surface area contributed by atoms with Crippen molar-refractivity contribution in [2.75, 3.05) is 6.54 Å². The number of halogens is 4. The highest BCUT2D eigenvalue weighted by molar-refractivity contribution is 7.77. The van der Waals surface area contributed by atoms with Crippen molar-refractivity contribution >= 4 is 39.7 Å². The van der Waals surface area contributed by atoms with Gasteiger partial charge in [-0.1, -0.05) is 11.6 Å². The Bertz CT molecular complexity index is 1130. The van der Waals surface area contributed by atoms with Gasteiger partial charge in [-0.15, -0.1) is 0 Å². The van der Waals surface area contributed by atoms with E-state index in [0.717, 1.165) is 0 Å². The molecule has 1 heterocycles. The van der Waals surface area contributed by atoms with Crippen molar-refractivity contribution in [2.45, 2.75) is 12.8 Å².